The predicted octanol–water partition coefficient (Wildman–Crippen LogP) is 14.6. The minimum atomic E-state index is -0.889. The molecule has 0 aliphatic rings. The van der Waals surface area contributed by atoms with Crippen molar-refractivity contribution < 1.29 is 0 Å². The normalized spacial score (nSPS) is 13.8. The molecule has 0 heterocycles. The zero-order chi connectivity index (χ0) is 38.5. The van der Waals surface area contributed by atoms with Crippen molar-refractivity contribution >= 4 is 96.6 Å². The van der Waals surface area contributed by atoms with E-state index >= 15 is 0 Å². The molecule has 2 nitrogen and oxygen atoms in total. The van der Waals surface area contributed by atoms with Gasteiger partial charge in [-0.05, 0) is 203 Å². The maximum Gasteiger partial charge on any atom is 0.0893 e. The molecule has 0 amide bonds. The second-order valence-electron chi connectivity index (χ2n) is 16.8. The Hall–Kier alpha value is -3.13. The molecule has 0 spiro atoms. The van der Waals surface area contributed by atoms with Crippen LogP contribution in [0.25, 0.3) is 10.8 Å². The topological polar surface area (TPSA) is 6.48 Å². The SMILES string of the molecule is CS(C)(C)c1ccc(N(c2ccc(S(C)(C)C)cc2)c2cc3ccccc3c(N(c3ccc(S(C)(C)C)cc3)c3ccc(S(C)(C)C)cc3)c2Cl)cc1. The largest absolute Gasteiger partial charge is 0.309 e. The number of nitrogens with zero attached hydrogens (tertiary/aromatic N) is 2. The van der Waals surface area contributed by atoms with Crippen molar-refractivity contribution in [2.75, 3.05) is 84.9 Å². The molecule has 0 unspecified atom stereocenters. The van der Waals surface area contributed by atoms with Crippen LogP contribution in [0.15, 0.2) is 147 Å². The van der Waals surface area contributed by atoms with Gasteiger partial charge in [0.2, 0.25) is 0 Å². The standard InChI is InChI=1S/C46H57ClN2S4/c1-50(2,3)39-25-17-35(18-26-39)48(36-19-27-40(28-20-36)51(4,5)6)44-33-34-15-13-14-16-43(34)46(45(44)47)49(37-21-29-41(30-22-37)52(7,8)9)38-23-31-42(32-24-38)53(10,11)12/h13-33H,1-12H3. The number of halogens is 1. The van der Waals surface area contributed by atoms with Gasteiger partial charge in [-0.3, -0.25) is 0 Å². The number of rotatable bonds is 10. The number of anilines is 6. The van der Waals surface area contributed by atoms with E-state index in [1.807, 2.05) is 0 Å². The van der Waals surface area contributed by atoms with Crippen molar-refractivity contribution in [1.29, 1.82) is 0 Å². The molecular formula is C46H57ClN2S4. The lowest BCUT2D eigenvalue weighted by Crippen LogP contribution is -2.15. The first-order valence-corrected chi connectivity index (χ1v) is 29.5. The molecule has 0 bridgehead atoms. The van der Waals surface area contributed by atoms with E-state index in [0.29, 0.717) is 5.02 Å². The van der Waals surface area contributed by atoms with Gasteiger partial charge in [0, 0.05) is 28.1 Å². The van der Waals surface area contributed by atoms with Crippen LogP contribution in [0.5, 0.6) is 0 Å². The molecule has 0 radical (unpaired) electrons. The third-order valence-electron chi connectivity index (χ3n) is 9.61. The number of benzene rings is 6. The molecule has 6 rings (SSSR count). The molecule has 0 aliphatic heterocycles. The van der Waals surface area contributed by atoms with Crippen LogP contribution in [0.4, 0.5) is 34.1 Å². The molecule has 53 heavy (non-hydrogen) atoms. The molecule has 282 valence electrons. The Bertz CT molecular complexity index is 2090. The van der Waals surface area contributed by atoms with Crippen molar-refractivity contribution in [2.45, 2.75) is 19.6 Å². The van der Waals surface area contributed by atoms with Crippen molar-refractivity contribution in [3.05, 3.63) is 132 Å². The van der Waals surface area contributed by atoms with Gasteiger partial charge < -0.3 is 9.80 Å². The molecule has 6 aromatic rings. The molecule has 0 aromatic heterocycles. The van der Waals surface area contributed by atoms with Gasteiger partial charge in [-0.1, -0.05) is 35.9 Å². The summed E-state index contributed by atoms with van der Waals surface area (Å²) in [5.41, 5.74) is 6.25. The first-order valence-electron chi connectivity index (χ1n) is 17.7. The van der Waals surface area contributed by atoms with Gasteiger partial charge >= 0.3 is 0 Å². The minimum absolute atomic E-state index is 0.704. The third kappa shape index (κ3) is 8.58. The van der Waals surface area contributed by atoms with Gasteiger partial charge in [0.15, 0.2) is 0 Å². The zero-order valence-corrected chi connectivity index (χ0v) is 37.6. The molecule has 0 N–H and O–H groups in total. The third-order valence-corrected chi connectivity index (χ3v) is 16.7. The van der Waals surface area contributed by atoms with Crippen LogP contribution in [0.3, 0.4) is 0 Å². The fourth-order valence-corrected chi connectivity index (χ4v) is 10.7. The number of hydrogen-bond donors (Lipinski definition) is 0. The molecule has 0 atom stereocenters. The van der Waals surface area contributed by atoms with Crippen molar-refractivity contribution in [1.82, 2.24) is 0 Å². The van der Waals surface area contributed by atoms with E-state index in [-0.39, 0.29) is 0 Å². The maximum absolute atomic E-state index is 7.93. The van der Waals surface area contributed by atoms with Crippen molar-refractivity contribution in [3.63, 3.8) is 0 Å². The summed E-state index contributed by atoms with van der Waals surface area (Å²) >= 11 is 7.93. The summed E-state index contributed by atoms with van der Waals surface area (Å²) in [6.45, 7) is 0. The Morgan fingerprint density at radius 1 is 0.377 bits per heavy atom. The summed E-state index contributed by atoms with van der Waals surface area (Å²) in [5, 5.41) is 2.95. The van der Waals surface area contributed by atoms with Gasteiger partial charge in [0.1, 0.15) is 0 Å². The Morgan fingerprint density at radius 3 is 1.00 bits per heavy atom. The molecular weight excluding hydrogens is 744 g/mol. The molecule has 0 aliphatic carbocycles. The van der Waals surface area contributed by atoms with E-state index in [1.54, 1.807) is 0 Å². The summed E-state index contributed by atoms with van der Waals surface area (Å²) < 4.78 is 0. The second-order valence-corrected chi connectivity index (χ2v) is 33.7. The number of hydrogen-bond acceptors (Lipinski definition) is 2. The highest BCUT2D eigenvalue weighted by Gasteiger charge is 2.26. The van der Waals surface area contributed by atoms with E-state index in [0.717, 1.165) is 44.9 Å². The highest BCUT2D eigenvalue weighted by molar-refractivity contribution is 8.33. The zero-order valence-electron chi connectivity index (χ0n) is 33.5. The Balaban J connectivity index is 1.65. The Kier molecular flexibility index (Phi) is 11.1. The summed E-state index contributed by atoms with van der Waals surface area (Å²) in [4.78, 5) is 10.2. The molecule has 0 saturated heterocycles. The minimum Gasteiger partial charge on any atom is -0.309 e. The lowest BCUT2D eigenvalue weighted by atomic mass is 10.0. The van der Waals surface area contributed by atoms with Gasteiger partial charge in [-0.15, -0.1) is 0 Å². The van der Waals surface area contributed by atoms with Crippen LogP contribution in [0.1, 0.15) is 0 Å². The monoisotopic (exact) mass is 800 g/mol. The van der Waals surface area contributed by atoms with Crippen LogP contribution in [0, 0.1) is 0 Å². The van der Waals surface area contributed by atoms with Gasteiger partial charge in [0.05, 0.1) is 16.4 Å². The second kappa shape index (κ2) is 14.8. The smallest absolute Gasteiger partial charge is 0.0893 e. The molecule has 7 heteroatoms. The molecule has 0 fully saturated rings. The summed E-state index contributed by atoms with van der Waals surface area (Å²) in [6, 6.07) is 47.5. The lowest BCUT2D eigenvalue weighted by Gasteiger charge is -2.34. The first kappa shape index (κ1) is 39.6. The average molecular weight is 802 g/mol. The fourth-order valence-electron chi connectivity index (χ4n) is 6.52. The van der Waals surface area contributed by atoms with Crippen LogP contribution < -0.4 is 9.80 Å². The molecule has 6 aromatic carbocycles. The summed E-state index contributed by atoms with van der Waals surface area (Å²) in [6.07, 6.45) is 28.2. The Labute approximate surface area is 331 Å². The quantitative estimate of drug-likeness (QED) is 0.136. The van der Waals surface area contributed by atoms with E-state index in [4.69, 9.17) is 11.6 Å². The van der Waals surface area contributed by atoms with Crippen LogP contribution in [-0.4, -0.2) is 75.1 Å². The lowest BCUT2D eigenvalue weighted by molar-refractivity contribution is 1.24. The molecule has 0 saturated carbocycles. The predicted molar refractivity (Wildman–Crippen MR) is 253 cm³/mol. The van der Waals surface area contributed by atoms with E-state index < -0.39 is 40.1 Å². The van der Waals surface area contributed by atoms with Gasteiger partial charge in [-0.25, -0.2) is 40.1 Å². The highest BCUT2D eigenvalue weighted by atomic mass is 35.5. The fraction of sp³-hybridized carbons (Fsp3) is 0.261. The van der Waals surface area contributed by atoms with Gasteiger partial charge in [-0.2, -0.15) is 0 Å². The van der Waals surface area contributed by atoms with Crippen LogP contribution in [0.2, 0.25) is 5.02 Å². The van der Waals surface area contributed by atoms with E-state index in [9.17, 15) is 0 Å². The van der Waals surface area contributed by atoms with Crippen molar-refractivity contribution in [2.24, 2.45) is 0 Å². The summed E-state index contributed by atoms with van der Waals surface area (Å²) in [7, 11) is -3.54. The number of fused-ring (bicyclic) bond motifs is 1. The van der Waals surface area contributed by atoms with Crippen molar-refractivity contribution in [3.8, 4) is 0 Å². The van der Waals surface area contributed by atoms with E-state index in [1.165, 1.54) is 19.6 Å². The van der Waals surface area contributed by atoms with Crippen LogP contribution >= 0.6 is 51.7 Å². The average Bonchev–Trinajstić information content (AvgIpc) is 3.09. The van der Waals surface area contributed by atoms with Crippen LogP contribution in [-0.2, 0) is 0 Å². The van der Waals surface area contributed by atoms with Gasteiger partial charge in [0.25, 0.3) is 0 Å². The maximum atomic E-state index is 7.93. The first-order chi connectivity index (χ1) is 24.7. The highest BCUT2D eigenvalue weighted by Crippen LogP contribution is 2.54. The van der Waals surface area contributed by atoms with E-state index in [2.05, 4.69) is 212 Å². The Morgan fingerprint density at radius 2 is 0.679 bits per heavy atom. The summed E-state index contributed by atoms with van der Waals surface area (Å²) in [5.74, 6) is 0.